The van der Waals surface area contributed by atoms with Crippen LogP contribution in [0.1, 0.15) is 20.8 Å². The molecule has 1 unspecified atom stereocenters. The number of hydrogen-bond donors (Lipinski definition) is 17. The summed E-state index contributed by atoms with van der Waals surface area (Å²) in [7, 11) is 0. The van der Waals surface area contributed by atoms with Gasteiger partial charge >= 0.3 is 0 Å². The van der Waals surface area contributed by atoms with Crippen LogP contribution in [0.15, 0.2) is 0 Å². The number of aliphatic hydroxyl groups excluding tert-OH is 14. The SMILES string of the molecule is CC(=O)N[C@H]1[C@H](OC[C@H]2OC(O)[C@H](NC(C)=O)[C@@H](O[C@@H]3O[C@H](CO)[C@H](O[C@H]4O[C@H](CO)[C@@H](O)[C@H](O)[C@H]4NC(C)=O)[C@H](O)[C@H]3O)[C@H]2O)O[C@H](CO)[C@@H](O[C@@H]2O[C@H](CO)[C@H](O)[C@H](O)[C@H]2O)[C@@H]1O. The normalized spacial score (nSPS) is 47.1. The van der Waals surface area contributed by atoms with E-state index >= 15 is 0 Å². The van der Waals surface area contributed by atoms with Gasteiger partial charge in [-0.15, -0.1) is 0 Å². The van der Waals surface area contributed by atoms with Crippen LogP contribution in [0, 0.1) is 0 Å². The highest BCUT2D eigenvalue weighted by atomic mass is 16.8. The molecule has 5 heterocycles. The molecule has 0 spiro atoms. The third-order valence-electron chi connectivity index (χ3n) is 11.5. The Hall–Kier alpha value is -2.51. The third-order valence-corrected chi connectivity index (χ3v) is 11.5. The summed E-state index contributed by atoms with van der Waals surface area (Å²) in [6.07, 6.45) is -39.1. The first-order chi connectivity index (χ1) is 30.7. The molecule has 29 nitrogen and oxygen atoms in total. The minimum absolute atomic E-state index is 0.706. The zero-order valence-corrected chi connectivity index (χ0v) is 35.1. The van der Waals surface area contributed by atoms with Crippen LogP contribution in [0.25, 0.3) is 0 Å². The molecule has 25 atom stereocenters. The topological polar surface area (TPSA) is 454 Å². The molecule has 5 aliphatic heterocycles. The first-order valence-electron chi connectivity index (χ1n) is 20.6. The molecule has 0 radical (unpaired) electrons. The lowest BCUT2D eigenvalue weighted by Gasteiger charge is -2.49. The molecule has 0 saturated carbocycles. The minimum atomic E-state index is -2.13. The van der Waals surface area contributed by atoms with Crippen LogP contribution in [0.3, 0.4) is 0 Å². The van der Waals surface area contributed by atoms with E-state index in [1.54, 1.807) is 0 Å². The fourth-order valence-electron chi connectivity index (χ4n) is 8.14. The van der Waals surface area contributed by atoms with Crippen molar-refractivity contribution in [2.24, 2.45) is 0 Å². The molecule has 5 fully saturated rings. The fourth-order valence-corrected chi connectivity index (χ4v) is 8.14. The molecule has 65 heavy (non-hydrogen) atoms. The molecule has 376 valence electrons. The highest BCUT2D eigenvalue weighted by molar-refractivity contribution is 5.74. The number of hydrogen-bond acceptors (Lipinski definition) is 26. The highest BCUT2D eigenvalue weighted by Crippen LogP contribution is 2.34. The number of nitrogens with one attached hydrogen (secondary N) is 3. The molecule has 0 aromatic carbocycles. The van der Waals surface area contributed by atoms with E-state index in [0.29, 0.717) is 0 Å². The second-order valence-electron chi connectivity index (χ2n) is 16.2. The van der Waals surface area contributed by atoms with Crippen molar-refractivity contribution in [3.8, 4) is 0 Å². The van der Waals surface area contributed by atoms with Gasteiger partial charge in [0.1, 0.15) is 122 Å². The van der Waals surface area contributed by atoms with E-state index in [2.05, 4.69) is 16.0 Å². The summed E-state index contributed by atoms with van der Waals surface area (Å²) in [5.74, 6) is -2.22. The number of ether oxygens (including phenoxy) is 9. The van der Waals surface area contributed by atoms with E-state index in [0.717, 1.165) is 20.8 Å². The molecule has 5 saturated heterocycles. The highest BCUT2D eigenvalue weighted by Gasteiger charge is 2.56. The smallest absolute Gasteiger partial charge is 0.217 e. The van der Waals surface area contributed by atoms with Gasteiger partial charge in [0.2, 0.25) is 17.7 Å². The molecule has 0 aromatic rings. The molecule has 0 aromatic heterocycles. The lowest BCUT2D eigenvalue weighted by Crippen LogP contribution is -2.69. The van der Waals surface area contributed by atoms with Crippen LogP contribution < -0.4 is 16.0 Å². The summed E-state index contributed by atoms with van der Waals surface area (Å²) in [5.41, 5.74) is 0. The van der Waals surface area contributed by atoms with Crippen LogP contribution in [-0.4, -0.2) is 276 Å². The van der Waals surface area contributed by atoms with Crippen molar-refractivity contribution in [1.29, 1.82) is 0 Å². The van der Waals surface area contributed by atoms with E-state index in [4.69, 9.17) is 42.6 Å². The van der Waals surface area contributed by atoms with Crippen LogP contribution in [0.2, 0.25) is 0 Å². The Balaban J connectivity index is 1.31. The van der Waals surface area contributed by atoms with E-state index in [1.165, 1.54) is 0 Å². The maximum absolute atomic E-state index is 12.3. The van der Waals surface area contributed by atoms with Gasteiger partial charge in [0, 0.05) is 20.8 Å². The monoisotopic (exact) mass is 951 g/mol. The van der Waals surface area contributed by atoms with Gasteiger partial charge in [-0.05, 0) is 0 Å². The van der Waals surface area contributed by atoms with Gasteiger partial charge in [-0.25, -0.2) is 0 Å². The summed E-state index contributed by atoms with van der Waals surface area (Å²) in [6, 6.07) is -4.70. The Morgan fingerprint density at radius 3 is 1.32 bits per heavy atom. The van der Waals surface area contributed by atoms with Gasteiger partial charge in [0.25, 0.3) is 0 Å². The third kappa shape index (κ3) is 12.0. The van der Waals surface area contributed by atoms with Gasteiger partial charge in [0.15, 0.2) is 31.5 Å². The van der Waals surface area contributed by atoms with Crippen molar-refractivity contribution >= 4 is 17.7 Å². The first-order valence-corrected chi connectivity index (χ1v) is 20.6. The lowest BCUT2D eigenvalue weighted by molar-refractivity contribution is -0.367. The molecule has 0 aliphatic carbocycles. The van der Waals surface area contributed by atoms with E-state index in [9.17, 15) is 85.9 Å². The van der Waals surface area contributed by atoms with Crippen LogP contribution in [-0.2, 0) is 57.0 Å². The van der Waals surface area contributed by atoms with Crippen molar-refractivity contribution in [2.45, 2.75) is 174 Å². The maximum atomic E-state index is 12.3. The molecule has 29 heteroatoms. The molecule has 5 rings (SSSR count). The summed E-state index contributed by atoms with van der Waals surface area (Å²) in [6.45, 7) is -1.11. The van der Waals surface area contributed by atoms with Gasteiger partial charge in [-0.2, -0.15) is 0 Å². The predicted molar refractivity (Wildman–Crippen MR) is 201 cm³/mol. The number of rotatable bonds is 16. The maximum Gasteiger partial charge on any atom is 0.217 e. The Labute approximate surface area is 369 Å². The second kappa shape index (κ2) is 23.2. The molecule has 5 aliphatic rings. The summed E-state index contributed by atoms with van der Waals surface area (Å²) in [5, 5.41) is 155. The molecular formula is C36H61N3O26. The molecule has 17 N–H and O–H groups in total. The number of carbonyl (C=O) groups is 3. The number of amides is 3. The largest absolute Gasteiger partial charge is 0.394 e. The molecule has 3 amide bonds. The van der Waals surface area contributed by atoms with Crippen LogP contribution in [0.5, 0.6) is 0 Å². The Morgan fingerprint density at radius 1 is 0.400 bits per heavy atom. The summed E-state index contributed by atoms with van der Waals surface area (Å²) < 4.78 is 51.1. The average molecular weight is 952 g/mol. The van der Waals surface area contributed by atoms with E-state index in [-0.39, 0.29) is 0 Å². The minimum Gasteiger partial charge on any atom is -0.394 e. The number of aliphatic hydroxyl groups is 14. The zero-order chi connectivity index (χ0) is 48.2. The first kappa shape index (κ1) is 53.4. The number of carbonyl (C=O) groups excluding carboxylic acids is 3. The van der Waals surface area contributed by atoms with E-state index in [1.807, 2.05) is 0 Å². The average Bonchev–Trinajstić information content (AvgIpc) is 3.26. The molecular weight excluding hydrogens is 890 g/mol. The molecule has 0 bridgehead atoms. The van der Waals surface area contributed by atoms with Crippen molar-refractivity contribution in [1.82, 2.24) is 16.0 Å². The van der Waals surface area contributed by atoms with Gasteiger partial charge in [0.05, 0.1) is 33.0 Å². The quantitative estimate of drug-likeness (QED) is 0.0683. The Morgan fingerprint density at radius 2 is 0.800 bits per heavy atom. The van der Waals surface area contributed by atoms with Gasteiger partial charge < -0.3 is 130 Å². The van der Waals surface area contributed by atoms with E-state index < -0.39 is 204 Å². The Kier molecular flexibility index (Phi) is 19.1. The van der Waals surface area contributed by atoms with Gasteiger partial charge in [-0.3, -0.25) is 14.4 Å². The zero-order valence-electron chi connectivity index (χ0n) is 35.1. The van der Waals surface area contributed by atoms with Crippen molar-refractivity contribution in [2.75, 3.05) is 33.0 Å². The summed E-state index contributed by atoms with van der Waals surface area (Å²) >= 11 is 0. The van der Waals surface area contributed by atoms with Crippen molar-refractivity contribution in [3.05, 3.63) is 0 Å². The predicted octanol–water partition coefficient (Wildman–Crippen LogP) is -11.5. The van der Waals surface area contributed by atoms with Crippen molar-refractivity contribution in [3.63, 3.8) is 0 Å². The van der Waals surface area contributed by atoms with Crippen LogP contribution in [0.4, 0.5) is 0 Å². The standard InChI is InChI=1S/C36H61N3O26/c1-9(44)37-17-23(50)20(47)12(4-40)59-34(17)63-30-15(7-43)62-36(28(55)26(30)53)65-31-19(39-11(3)46)32(56)58-16(22(31)49)8-57-33-18(38-10(2)45)24(51)29(14(6-42)61-33)64-35-27(54)25(52)21(48)13(5-41)60-35/h12-36,40-43,47-56H,4-8H2,1-3H3,(H,37,44)(H,38,45)(H,39,46)/t12-,13-,14-,15-,16-,17-,18-,19-,20-,21+,22+,23-,24-,25+,26-,27-,28-,29-,30+,31-,32?,33-,34-,35+,36+/m1/s1. The second-order valence-corrected chi connectivity index (χ2v) is 16.2. The van der Waals surface area contributed by atoms with Crippen molar-refractivity contribution < 1.29 is 129 Å². The Bertz CT molecular complexity index is 1550. The lowest BCUT2D eigenvalue weighted by atomic mass is 9.94. The van der Waals surface area contributed by atoms with Gasteiger partial charge in [-0.1, -0.05) is 0 Å². The van der Waals surface area contributed by atoms with Crippen LogP contribution >= 0.6 is 0 Å². The summed E-state index contributed by atoms with van der Waals surface area (Å²) in [4.78, 5) is 36.4. The fraction of sp³-hybridized carbons (Fsp3) is 0.917.